The van der Waals surface area contributed by atoms with E-state index in [1.54, 1.807) is 24.3 Å². The van der Waals surface area contributed by atoms with Crippen LogP contribution in [0, 0.1) is 0 Å². The summed E-state index contributed by atoms with van der Waals surface area (Å²) >= 11 is 0. The number of hydrogen-bond donors (Lipinski definition) is 1. The van der Waals surface area contributed by atoms with Crippen molar-refractivity contribution in [3.63, 3.8) is 0 Å². The Labute approximate surface area is 153 Å². The van der Waals surface area contributed by atoms with Gasteiger partial charge in [0, 0.05) is 19.8 Å². The number of fused-ring (bicyclic) bond motifs is 1. The van der Waals surface area contributed by atoms with Gasteiger partial charge in [0.25, 0.3) is 5.91 Å². The number of carbonyl (C=O) groups excluding carboxylic acids is 1. The molecule has 1 aromatic rings. The lowest BCUT2D eigenvalue weighted by molar-refractivity contribution is -0.164. The van der Waals surface area contributed by atoms with E-state index < -0.39 is 16.1 Å². The predicted molar refractivity (Wildman–Crippen MR) is 98.1 cm³/mol. The molecule has 1 fully saturated rings. The number of nitrogens with one attached hydrogen (secondary N) is 1. The van der Waals surface area contributed by atoms with Gasteiger partial charge in [-0.2, -0.15) is 0 Å². The van der Waals surface area contributed by atoms with E-state index in [1.807, 2.05) is 24.3 Å². The van der Waals surface area contributed by atoms with Gasteiger partial charge in [0.15, 0.2) is 6.10 Å². The van der Waals surface area contributed by atoms with Crippen LogP contribution in [0.25, 0.3) is 0 Å². The Balaban J connectivity index is 1.64. The number of allylic oxidation sites excluding steroid dienone is 2. The van der Waals surface area contributed by atoms with Gasteiger partial charge in [0.2, 0.25) is 10.0 Å². The van der Waals surface area contributed by atoms with Crippen LogP contribution < -0.4 is 5.32 Å². The third-order valence-corrected chi connectivity index (χ3v) is 6.00. The fourth-order valence-corrected chi connectivity index (χ4v) is 3.56. The minimum atomic E-state index is -3.37. The topological polar surface area (TPSA) is 84.9 Å². The van der Waals surface area contributed by atoms with E-state index >= 15 is 0 Å². The summed E-state index contributed by atoms with van der Waals surface area (Å²) in [4.78, 5) is 12.5. The van der Waals surface area contributed by atoms with E-state index in [-0.39, 0.29) is 30.5 Å². The summed E-state index contributed by atoms with van der Waals surface area (Å²) in [5.74, 6) is -0.452. The van der Waals surface area contributed by atoms with Gasteiger partial charge in [-0.05, 0) is 17.7 Å². The van der Waals surface area contributed by atoms with Gasteiger partial charge < -0.3 is 14.8 Å². The molecule has 1 saturated heterocycles. The van der Waals surface area contributed by atoms with E-state index in [4.69, 9.17) is 9.47 Å². The van der Waals surface area contributed by atoms with E-state index in [0.29, 0.717) is 11.3 Å². The zero-order valence-electron chi connectivity index (χ0n) is 14.7. The standard InChI is InChI=1S/C18H22N2O5S/c1-20(2)26(22,23)12-13-6-5-7-14(10-13)19-18(21)17-11-24-15-8-3-4-9-16(15)25-17/h3-10,15-17H,11-12H2,1-2H3,(H,19,21). The van der Waals surface area contributed by atoms with Crippen LogP contribution in [-0.2, 0) is 30.0 Å². The van der Waals surface area contributed by atoms with E-state index in [0.717, 1.165) is 0 Å². The molecule has 3 rings (SSSR count). The highest BCUT2D eigenvalue weighted by atomic mass is 32.2. The molecular formula is C18H22N2O5S. The second-order valence-electron chi connectivity index (χ2n) is 6.39. The second-order valence-corrected chi connectivity index (χ2v) is 8.57. The molecular weight excluding hydrogens is 356 g/mol. The first-order valence-electron chi connectivity index (χ1n) is 8.27. The van der Waals surface area contributed by atoms with Crippen LogP contribution in [0.1, 0.15) is 5.56 Å². The summed E-state index contributed by atoms with van der Waals surface area (Å²) in [7, 11) is -0.389. The number of rotatable bonds is 5. The van der Waals surface area contributed by atoms with Gasteiger partial charge in [-0.1, -0.05) is 36.4 Å². The molecule has 1 aliphatic heterocycles. The molecule has 8 heteroatoms. The predicted octanol–water partition coefficient (Wildman–Crippen LogP) is 1.30. The first-order chi connectivity index (χ1) is 12.3. The molecule has 0 radical (unpaired) electrons. The number of anilines is 1. The Kier molecular flexibility index (Phi) is 5.57. The van der Waals surface area contributed by atoms with Gasteiger partial charge in [0.05, 0.1) is 12.4 Å². The summed E-state index contributed by atoms with van der Waals surface area (Å²) < 4.78 is 36.6. The largest absolute Gasteiger partial charge is 0.368 e. The molecule has 1 aliphatic carbocycles. The normalized spacial score (nSPS) is 25.1. The van der Waals surface area contributed by atoms with Crippen molar-refractivity contribution in [3.05, 3.63) is 54.1 Å². The van der Waals surface area contributed by atoms with Crippen molar-refractivity contribution in [2.24, 2.45) is 0 Å². The van der Waals surface area contributed by atoms with Gasteiger partial charge in [-0.15, -0.1) is 0 Å². The molecule has 7 nitrogen and oxygen atoms in total. The highest BCUT2D eigenvalue weighted by molar-refractivity contribution is 7.88. The van der Waals surface area contributed by atoms with E-state index in [2.05, 4.69) is 5.32 Å². The van der Waals surface area contributed by atoms with Crippen LogP contribution in [0.5, 0.6) is 0 Å². The van der Waals surface area contributed by atoms with E-state index in [9.17, 15) is 13.2 Å². The fourth-order valence-electron chi connectivity index (χ4n) is 2.71. The molecule has 3 atom stereocenters. The number of nitrogens with zero attached hydrogens (tertiary/aromatic N) is 1. The summed E-state index contributed by atoms with van der Waals surface area (Å²) in [5.41, 5.74) is 1.11. The molecule has 1 amide bonds. The van der Waals surface area contributed by atoms with Crippen molar-refractivity contribution in [2.45, 2.75) is 24.1 Å². The van der Waals surface area contributed by atoms with Gasteiger partial charge >= 0.3 is 0 Å². The first kappa shape index (κ1) is 18.8. The van der Waals surface area contributed by atoms with Crippen LogP contribution in [0.3, 0.4) is 0 Å². The quantitative estimate of drug-likeness (QED) is 0.835. The summed E-state index contributed by atoms with van der Waals surface area (Å²) in [6, 6.07) is 6.77. The molecule has 0 saturated carbocycles. The van der Waals surface area contributed by atoms with Crippen molar-refractivity contribution in [3.8, 4) is 0 Å². The van der Waals surface area contributed by atoms with Crippen LogP contribution >= 0.6 is 0 Å². The highest BCUT2D eigenvalue weighted by Crippen LogP contribution is 2.21. The van der Waals surface area contributed by atoms with E-state index in [1.165, 1.54) is 18.4 Å². The lowest BCUT2D eigenvalue weighted by Crippen LogP contribution is -2.47. The molecule has 140 valence electrons. The average Bonchev–Trinajstić information content (AvgIpc) is 2.61. The Morgan fingerprint density at radius 2 is 1.96 bits per heavy atom. The SMILES string of the molecule is CN(C)S(=O)(=O)Cc1cccc(NC(=O)C2COC3C=CC=CC3O2)c1. The zero-order chi connectivity index (χ0) is 18.7. The van der Waals surface area contributed by atoms with Crippen LogP contribution in [0.15, 0.2) is 48.6 Å². The van der Waals surface area contributed by atoms with Crippen molar-refractivity contribution in [1.29, 1.82) is 0 Å². The van der Waals surface area contributed by atoms with Crippen molar-refractivity contribution in [2.75, 3.05) is 26.0 Å². The smallest absolute Gasteiger partial charge is 0.255 e. The van der Waals surface area contributed by atoms with Gasteiger partial charge in [0.1, 0.15) is 12.2 Å². The molecule has 0 aromatic heterocycles. The minimum absolute atomic E-state index is 0.131. The number of amides is 1. The minimum Gasteiger partial charge on any atom is -0.368 e. The Morgan fingerprint density at radius 1 is 1.23 bits per heavy atom. The molecule has 3 unspecified atom stereocenters. The lowest BCUT2D eigenvalue weighted by atomic mass is 10.1. The van der Waals surface area contributed by atoms with Gasteiger partial charge in [-0.25, -0.2) is 12.7 Å². The molecule has 1 N–H and O–H groups in total. The molecule has 0 bridgehead atoms. The summed E-state index contributed by atoms with van der Waals surface area (Å²) in [6.07, 6.45) is 6.34. The number of carbonyl (C=O) groups is 1. The van der Waals surface area contributed by atoms with Crippen LogP contribution in [0.2, 0.25) is 0 Å². The number of benzene rings is 1. The third kappa shape index (κ3) is 4.39. The molecule has 2 aliphatic rings. The summed E-state index contributed by atoms with van der Waals surface area (Å²) in [5, 5.41) is 2.77. The Morgan fingerprint density at radius 3 is 2.69 bits per heavy atom. The van der Waals surface area contributed by atoms with Crippen LogP contribution in [-0.4, -0.2) is 57.6 Å². The molecule has 26 heavy (non-hydrogen) atoms. The van der Waals surface area contributed by atoms with Crippen LogP contribution in [0.4, 0.5) is 5.69 Å². The maximum atomic E-state index is 12.5. The van der Waals surface area contributed by atoms with Crippen molar-refractivity contribution >= 4 is 21.6 Å². The maximum Gasteiger partial charge on any atom is 0.255 e. The molecule has 0 spiro atoms. The first-order valence-corrected chi connectivity index (χ1v) is 9.88. The number of ether oxygens (including phenoxy) is 2. The highest BCUT2D eigenvalue weighted by Gasteiger charge is 2.33. The van der Waals surface area contributed by atoms with Crippen molar-refractivity contribution < 1.29 is 22.7 Å². The second kappa shape index (κ2) is 7.71. The maximum absolute atomic E-state index is 12.5. The fraction of sp³-hybridized carbons (Fsp3) is 0.389. The third-order valence-electron chi connectivity index (χ3n) is 4.19. The lowest BCUT2D eigenvalue weighted by Gasteiger charge is -2.34. The number of sulfonamides is 1. The summed E-state index contributed by atoms with van der Waals surface area (Å²) in [6.45, 7) is 0.167. The zero-order valence-corrected chi connectivity index (χ0v) is 15.5. The number of hydrogen-bond acceptors (Lipinski definition) is 5. The monoisotopic (exact) mass is 378 g/mol. The molecule has 1 heterocycles. The Hall–Kier alpha value is -2.00. The molecule has 1 aromatic carbocycles. The Bertz CT molecular complexity index is 832. The average molecular weight is 378 g/mol. The van der Waals surface area contributed by atoms with Crippen molar-refractivity contribution in [1.82, 2.24) is 4.31 Å². The van der Waals surface area contributed by atoms with Gasteiger partial charge in [-0.3, -0.25) is 4.79 Å².